The molecule has 0 atom stereocenters. The molecule has 0 aromatic carbocycles. The number of hydrogen-bond acceptors (Lipinski definition) is 8. The molecule has 0 saturated heterocycles. The maximum absolute atomic E-state index is 11.5. The van der Waals surface area contributed by atoms with Crippen LogP contribution < -0.4 is 0 Å². The first kappa shape index (κ1) is 13.2. The van der Waals surface area contributed by atoms with Gasteiger partial charge in [-0.1, -0.05) is 0 Å². The van der Waals surface area contributed by atoms with Crippen LogP contribution in [0.2, 0.25) is 0 Å². The predicted molar refractivity (Wildman–Crippen MR) is 63.7 cm³/mol. The largest absolute Gasteiger partial charge is 0.491 e. The van der Waals surface area contributed by atoms with Crippen LogP contribution in [0.4, 0.5) is 11.8 Å². The van der Waals surface area contributed by atoms with E-state index in [0.29, 0.717) is 0 Å². The van der Waals surface area contributed by atoms with E-state index in [0.717, 1.165) is 0 Å². The summed E-state index contributed by atoms with van der Waals surface area (Å²) >= 11 is 0. The Bertz CT molecular complexity index is 694. The average Bonchev–Trinajstić information content (AvgIpc) is 3.02. The molecule has 2 heterocycles. The summed E-state index contributed by atoms with van der Waals surface area (Å²) in [7, 11) is 0. The van der Waals surface area contributed by atoms with Gasteiger partial charge in [-0.25, -0.2) is 9.78 Å². The van der Waals surface area contributed by atoms with Crippen molar-refractivity contribution in [3.05, 3.63) is 17.7 Å². The highest BCUT2D eigenvalue weighted by Crippen LogP contribution is 2.21. The number of hydrogen-bond donors (Lipinski definition) is 3. The van der Waals surface area contributed by atoms with E-state index in [9.17, 15) is 9.90 Å². The molecule has 0 aliphatic carbocycles. The summed E-state index contributed by atoms with van der Waals surface area (Å²) in [6.07, 6.45) is 1.26. The van der Waals surface area contributed by atoms with Crippen molar-refractivity contribution < 1.29 is 14.6 Å². The van der Waals surface area contributed by atoms with Crippen LogP contribution in [0.1, 0.15) is 23.1 Å². The standard InChI is InChI=1S/C10H9N7O3/c1-2-20-9(19)6-7(13-4-12-6)16-17-10-14-5(3-11)8(18)15-10/h4,18H,2H2,1H3,(H,12,13)(H,14,15). The number of carbonyl (C=O) groups excluding carboxylic acids is 1. The van der Waals surface area contributed by atoms with Gasteiger partial charge >= 0.3 is 5.97 Å². The molecule has 20 heavy (non-hydrogen) atoms. The Labute approximate surface area is 112 Å². The van der Waals surface area contributed by atoms with Crippen molar-refractivity contribution in [3.8, 4) is 11.9 Å². The number of nitrogens with one attached hydrogen (secondary N) is 2. The lowest BCUT2D eigenvalue weighted by Gasteiger charge is -1.97. The molecule has 10 heteroatoms. The van der Waals surface area contributed by atoms with Gasteiger partial charge in [0.1, 0.15) is 6.07 Å². The highest BCUT2D eigenvalue weighted by molar-refractivity contribution is 5.91. The molecule has 0 saturated carbocycles. The first-order chi connectivity index (χ1) is 9.65. The molecule has 0 bridgehead atoms. The summed E-state index contributed by atoms with van der Waals surface area (Å²) in [5, 5.41) is 25.2. The molecular formula is C10H9N7O3. The first-order valence-corrected chi connectivity index (χ1v) is 5.47. The monoisotopic (exact) mass is 275 g/mol. The van der Waals surface area contributed by atoms with Crippen LogP contribution in [0.15, 0.2) is 16.6 Å². The molecular weight excluding hydrogens is 266 g/mol. The van der Waals surface area contributed by atoms with Gasteiger partial charge in [0, 0.05) is 0 Å². The van der Waals surface area contributed by atoms with Gasteiger partial charge in [0.2, 0.25) is 11.7 Å². The fourth-order valence-electron chi connectivity index (χ4n) is 1.29. The van der Waals surface area contributed by atoms with Crippen LogP contribution >= 0.6 is 0 Å². The van der Waals surface area contributed by atoms with E-state index in [1.807, 2.05) is 0 Å². The maximum Gasteiger partial charge on any atom is 0.358 e. The molecule has 10 nitrogen and oxygen atoms in total. The van der Waals surface area contributed by atoms with Crippen LogP contribution in [0.5, 0.6) is 5.88 Å². The quantitative estimate of drug-likeness (QED) is 0.564. The van der Waals surface area contributed by atoms with Crippen LogP contribution in [-0.2, 0) is 4.74 Å². The van der Waals surface area contributed by atoms with E-state index in [2.05, 4.69) is 30.2 Å². The minimum atomic E-state index is -0.612. The number of esters is 1. The van der Waals surface area contributed by atoms with E-state index >= 15 is 0 Å². The second kappa shape index (κ2) is 5.61. The lowest BCUT2D eigenvalue weighted by Crippen LogP contribution is -2.04. The van der Waals surface area contributed by atoms with Crippen molar-refractivity contribution in [2.45, 2.75) is 6.92 Å². The highest BCUT2D eigenvalue weighted by Gasteiger charge is 2.15. The number of nitriles is 1. The Kier molecular flexibility index (Phi) is 3.71. The second-order valence-electron chi connectivity index (χ2n) is 3.39. The number of azo groups is 1. The van der Waals surface area contributed by atoms with Gasteiger partial charge in [-0.05, 0) is 6.92 Å². The predicted octanol–water partition coefficient (Wildman–Crippen LogP) is 1.30. The van der Waals surface area contributed by atoms with Gasteiger partial charge in [-0.3, -0.25) is 0 Å². The summed E-state index contributed by atoms with van der Waals surface area (Å²) < 4.78 is 4.80. The Hall–Kier alpha value is -3.22. The number of nitrogens with zero attached hydrogens (tertiary/aromatic N) is 5. The van der Waals surface area contributed by atoms with Crippen molar-refractivity contribution in [1.82, 2.24) is 19.9 Å². The van der Waals surface area contributed by atoms with E-state index in [1.165, 1.54) is 6.33 Å². The number of aromatic hydroxyl groups is 1. The number of ether oxygens (including phenoxy) is 1. The van der Waals surface area contributed by atoms with Crippen molar-refractivity contribution in [2.24, 2.45) is 10.2 Å². The van der Waals surface area contributed by atoms with E-state index in [-0.39, 0.29) is 29.8 Å². The molecule has 0 amide bonds. The van der Waals surface area contributed by atoms with E-state index in [1.54, 1.807) is 13.0 Å². The molecule has 2 aromatic rings. The minimum absolute atomic E-state index is 0.0119. The molecule has 0 spiro atoms. The summed E-state index contributed by atoms with van der Waals surface area (Å²) in [5.74, 6) is -1.16. The summed E-state index contributed by atoms with van der Waals surface area (Å²) in [4.78, 5) is 23.9. The summed E-state index contributed by atoms with van der Waals surface area (Å²) in [6.45, 7) is 1.89. The summed E-state index contributed by atoms with van der Waals surface area (Å²) in [5.41, 5.74) is -0.0847. The van der Waals surface area contributed by atoms with Gasteiger partial charge in [-0.2, -0.15) is 10.2 Å². The SMILES string of the molecule is CCOC(=O)c1[nH]cnc1N=Nc1nc(O)c(C#N)[nH]1. The third kappa shape index (κ3) is 2.61. The van der Waals surface area contributed by atoms with Gasteiger partial charge in [-0.15, -0.1) is 10.2 Å². The third-order valence-corrected chi connectivity index (χ3v) is 2.12. The topological polar surface area (TPSA) is 152 Å². The highest BCUT2D eigenvalue weighted by atomic mass is 16.5. The van der Waals surface area contributed by atoms with Crippen LogP contribution in [0.3, 0.4) is 0 Å². The van der Waals surface area contributed by atoms with Crippen molar-refractivity contribution in [2.75, 3.05) is 6.61 Å². The van der Waals surface area contributed by atoms with Crippen LogP contribution in [0, 0.1) is 11.3 Å². The van der Waals surface area contributed by atoms with Gasteiger partial charge < -0.3 is 19.8 Å². The van der Waals surface area contributed by atoms with Crippen LogP contribution in [0.25, 0.3) is 0 Å². The Morgan fingerprint density at radius 2 is 2.40 bits per heavy atom. The normalized spacial score (nSPS) is 10.6. The maximum atomic E-state index is 11.5. The molecule has 0 aliphatic rings. The lowest BCUT2D eigenvalue weighted by atomic mass is 10.4. The summed E-state index contributed by atoms with van der Waals surface area (Å²) in [6, 6.07) is 1.69. The van der Waals surface area contributed by atoms with Gasteiger partial charge in [0.25, 0.3) is 5.95 Å². The van der Waals surface area contributed by atoms with Gasteiger partial charge in [0.05, 0.1) is 12.9 Å². The zero-order chi connectivity index (χ0) is 14.5. The molecule has 0 radical (unpaired) electrons. The second-order valence-corrected chi connectivity index (χ2v) is 3.39. The number of aromatic nitrogens is 4. The molecule has 2 aromatic heterocycles. The third-order valence-electron chi connectivity index (χ3n) is 2.12. The fourth-order valence-corrected chi connectivity index (χ4v) is 1.29. The molecule has 0 unspecified atom stereocenters. The Morgan fingerprint density at radius 1 is 1.60 bits per heavy atom. The van der Waals surface area contributed by atoms with Crippen molar-refractivity contribution >= 4 is 17.7 Å². The lowest BCUT2D eigenvalue weighted by molar-refractivity contribution is 0.0521. The zero-order valence-electron chi connectivity index (χ0n) is 10.3. The van der Waals surface area contributed by atoms with Crippen molar-refractivity contribution in [3.63, 3.8) is 0 Å². The average molecular weight is 275 g/mol. The minimum Gasteiger partial charge on any atom is -0.491 e. The fraction of sp³-hybridized carbons (Fsp3) is 0.200. The molecule has 2 rings (SSSR count). The van der Waals surface area contributed by atoms with Crippen LogP contribution in [-0.4, -0.2) is 37.6 Å². The number of rotatable bonds is 4. The molecule has 0 aliphatic heterocycles. The number of carbonyl (C=O) groups is 1. The van der Waals surface area contributed by atoms with E-state index in [4.69, 9.17) is 10.00 Å². The molecule has 0 fully saturated rings. The Morgan fingerprint density at radius 3 is 3.05 bits per heavy atom. The smallest absolute Gasteiger partial charge is 0.358 e. The number of aromatic amines is 2. The van der Waals surface area contributed by atoms with Gasteiger partial charge in [0.15, 0.2) is 11.4 Å². The first-order valence-electron chi connectivity index (χ1n) is 5.47. The molecule has 3 N–H and O–H groups in total. The number of H-pyrrole nitrogens is 2. The molecule has 102 valence electrons. The van der Waals surface area contributed by atoms with Crippen molar-refractivity contribution in [1.29, 1.82) is 5.26 Å². The Balaban J connectivity index is 2.22. The van der Waals surface area contributed by atoms with E-state index < -0.39 is 11.8 Å². The zero-order valence-corrected chi connectivity index (χ0v) is 10.3. The number of imidazole rings is 2.